The topological polar surface area (TPSA) is 84.2 Å². The fourth-order valence-electron chi connectivity index (χ4n) is 6.07. The predicted octanol–water partition coefficient (Wildman–Crippen LogP) is 5.30. The Balaban J connectivity index is 1.20. The van der Waals surface area contributed by atoms with Crippen LogP contribution in [0.4, 0.5) is 5.69 Å². The van der Waals surface area contributed by atoms with Gasteiger partial charge in [0.1, 0.15) is 5.56 Å². The molecule has 3 aromatic rings. The Kier molecular flexibility index (Phi) is 5.17. The molecule has 2 bridgehead atoms. The van der Waals surface area contributed by atoms with Crippen molar-refractivity contribution in [2.75, 3.05) is 11.9 Å². The molecule has 6 nitrogen and oxygen atoms in total. The third-order valence-electron chi connectivity index (χ3n) is 7.75. The van der Waals surface area contributed by atoms with E-state index in [4.69, 9.17) is 4.52 Å². The summed E-state index contributed by atoms with van der Waals surface area (Å²) in [7, 11) is 0. The second kappa shape index (κ2) is 8.24. The van der Waals surface area contributed by atoms with Gasteiger partial charge in [0.25, 0.3) is 5.91 Å². The maximum atomic E-state index is 13.4. The highest BCUT2D eigenvalue weighted by Crippen LogP contribution is 2.71. The lowest BCUT2D eigenvalue weighted by Crippen LogP contribution is -2.39. The maximum Gasteiger partial charge on any atom is 0.256 e. The van der Waals surface area contributed by atoms with Gasteiger partial charge in [0.15, 0.2) is 5.76 Å². The molecule has 2 saturated carbocycles. The standard InChI is InChI=1S/C27H24BrN3O3/c28-17-6-8-18(9-7-17)31-26(33)23-19(21-10-11-22(23)27(21)12-13-27)14-29-25(32)20-15-30-34-24(20)16-4-2-1-3-5-16/h1-11,15,19,21-23H,12-14H2,(H,29,32)(H,31,33)/t19-,21-,22+,23+/m1/s1. The van der Waals surface area contributed by atoms with Crippen molar-refractivity contribution >= 4 is 33.4 Å². The predicted molar refractivity (Wildman–Crippen MR) is 132 cm³/mol. The molecule has 3 aliphatic carbocycles. The highest BCUT2D eigenvalue weighted by atomic mass is 79.9. The van der Waals surface area contributed by atoms with Crippen molar-refractivity contribution in [2.45, 2.75) is 12.8 Å². The zero-order chi connectivity index (χ0) is 23.3. The van der Waals surface area contributed by atoms with Crippen LogP contribution in [-0.2, 0) is 4.79 Å². The lowest BCUT2D eigenvalue weighted by Gasteiger charge is -2.27. The summed E-state index contributed by atoms with van der Waals surface area (Å²) in [5.41, 5.74) is 2.19. The van der Waals surface area contributed by atoms with Crippen molar-refractivity contribution in [3.63, 3.8) is 0 Å². The molecular weight excluding hydrogens is 494 g/mol. The van der Waals surface area contributed by atoms with Crippen molar-refractivity contribution in [3.8, 4) is 11.3 Å². The van der Waals surface area contributed by atoms with Gasteiger partial charge >= 0.3 is 0 Å². The molecule has 3 aliphatic rings. The Labute approximate surface area is 205 Å². The van der Waals surface area contributed by atoms with E-state index in [9.17, 15) is 9.59 Å². The second-order valence-electron chi connectivity index (χ2n) is 9.50. The molecular formula is C27H24BrN3O3. The first-order chi connectivity index (χ1) is 16.6. The number of halogens is 1. The Bertz CT molecular complexity index is 1260. The number of hydrogen-bond donors (Lipinski definition) is 2. The first-order valence-electron chi connectivity index (χ1n) is 11.6. The number of hydrogen-bond acceptors (Lipinski definition) is 4. The average Bonchev–Trinajstić information content (AvgIpc) is 3.25. The Hall–Kier alpha value is -3.19. The van der Waals surface area contributed by atoms with Gasteiger partial charge in [-0.1, -0.05) is 63.6 Å². The van der Waals surface area contributed by atoms with Crippen LogP contribution in [0.15, 0.2) is 81.9 Å². The Morgan fingerprint density at radius 1 is 1.03 bits per heavy atom. The second-order valence-corrected chi connectivity index (χ2v) is 10.4. The van der Waals surface area contributed by atoms with Crippen molar-refractivity contribution in [1.82, 2.24) is 10.5 Å². The molecule has 0 saturated heterocycles. The van der Waals surface area contributed by atoms with E-state index in [0.717, 1.165) is 28.6 Å². The first kappa shape index (κ1) is 21.4. The molecule has 2 N–H and O–H groups in total. The van der Waals surface area contributed by atoms with Crippen LogP contribution < -0.4 is 10.6 Å². The highest BCUT2D eigenvalue weighted by Gasteiger charge is 2.68. The third-order valence-corrected chi connectivity index (χ3v) is 8.28. The first-order valence-corrected chi connectivity index (χ1v) is 12.4. The molecule has 0 unspecified atom stereocenters. The zero-order valence-corrected chi connectivity index (χ0v) is 20.0. The van der Waals surface area contributed by atoms with Crippen molar-refractivity contribution in [1.29, 1.82) is 0 Å². The van der Waals surface area contributed by atoms with Crippen molar-refractivity contribution in [2.24, 2.45) is 29.1 Å². The molecule has 4 atom stereocenters. The fourth-order valence-corrected chi connectivity index (χ4v) is 6.33. The average molecular weight is 518 g/mol. The molecule has 1 heterocycles. The summed E-state index contributed by atoms with van der Waals surface area (Å²) in [4.78, 5) is 26.5. The van der Waals surface area contributed by atoms with Gasteiger partial charge in [0.2, 0.25) is 5.91 Å². The molecule has 2 fully saturated rings. The number of allylic oxidation sites excluding steroid dienone is 2. The number of rotatable bonds is 6. The lowest BCUT2D eigenvalue weighted by atomic mass is 9.82. The number of anilines is 1. The number of amides is 2. The third kappa shape index (κ3) is 3.50. The lowest BCUT2D eigenvalue weighted by molar-refractivity contribution is -0.122. The maximum absolute atomic E-state index is 13.4. The number of benzene rings is 2. The smallest absolute Gasteiger partial charge is 0.256 e. The molecule has 34 heavy (non-hydrogen) atoms. The molecule has 2 amide bonds. The number of aromatic nitrogens is 1. The van der Waals surface area contributed by atoms with Crippen LogP contribution in [0.2, 0.25) is 0 Å². The van der Waals surface area contributed by atoms with Gasteiger partial charge in [-0.25, -0.2) is 0 Å². The van der Waals surface area contributed by atoms with Crippen LogP contribution in [0, 0.1) is 29.1 Å². The van der Waals surface area contributed by atoms with E-state index in [-0.39, 0.29) is 35.0 Å². The number of carbonyl (C=O) groups is 2. The molecule has 0 aliphatic heterocycles. The molecule has 1 aromatic heterocycles. The Morgan fingerprint density at radius 2 is 1.76 bits per heavy atom. The van der Waals surface area contributed by atoms with E-state index in [1.165, 1.54) is 6.20 Å². The summed E-state index contributed by atoms with van der Waals surface area (Å²) in [6.45, 7) is 0.434. The van der Waals surface area contributed by atoms with E-state index in [1.54, 1.807) is 0 Å². The normalized spacial score (nSPS) is 25.4. The number of nitrogens with zero attached hydrogens (tertiary/aromatic N) is 1. The summed E-state index contributed by atoms with van der Waals surface area (Å²) in [5, 5.41) is 10.0. The minimum absolute atomic E-state index is 0.0275. The monoisotopic (exact) mass is 517 g/mol. The van der Waals surface area contributed by atoms with E-state index in [0.29, 0.717) is 23.8 Å². The van der Waals surface area contributed by atoms with Gasteiger partial charge < -0.3 is 15.2 Å². The molecule has 172 valence electrons. The minimum Gasteiger partial charge on any atom is -0.355 e. The van der Waals surface area contributed by atoms with Crippen LogP contribution in [-0.4, -0.2) is 23.5 Å². The van der Waals surface area contributed by atoms with Gasteiger partial charge in [-0.3, -0.25) is 9.59 Å². The van der Waals surface area contributed by atoms with E-state index in [2.05, 4.69) is 43.9 Å². The zero-order valence-electron chi connectivity index (χ0n) is 18.4. The van der Waals surface area contributed by atoms with Crippen LogP contribution in [0.25, 0.3) is 11.3 Å². The molecule has 7 heteroatoms. The minimum atomic E-state index is -0.233. The quantitative estimate of drug-likeness (QED) is 0.434. The van der Waals surface area contributed by atoms with Gasteiger partial charge in [-0.2, -0.15) is 0 Å². The summed E-state index contributed by atoms with van der Waals surface area (Å²) >= 11 is 3.43. The number of carbonyl (C=O) groups excluding carboxylic acids is 2. The fraction of sp³-hybridized carbons (Fsp3) is 0.296. The molecule has 6 rings (SSSR count). The summed E-state index contributed by atoms with van der Waals surface area (Å²) in [5.74, 6) is 0.673. The summed E-state index contributed by atoms with van der Waals surface area (Å²) < 4.78 is 6.35. The van der Waals surface area contributed by atoms with Crippen LogP contribution >= 0.6 is 15.9 Å². The van der Waals surface area contributed by atoms with Gasteiger partial charge in [0.05, 0.1) is 12.1 Å². The van der Waals surface area contributed by atoms with Crippen LogP contribution in [0.3, 0.4) is 0 Å². The summed E-state index contributed by atoms with van der Waals surface area (Å²) in [6.07, 6.45) is 8.25. The Morgan fingerprint density at radius 3 is 2.50 bits per heavy atom. The van der Waals surface area contributed by atoms with Crippen LogP contribution in [0.1, 0.15) is 23.2 Å². The van der Waals surface area contributed by atoms with Gasteiger partial charge in [0, 0.05) is 22.3 Å². The number of nitrogens with one attached hydrogen (secondary N) is 2. The van der Waals surface area contributed by atoms with Gasteiger partial charge in [-0.15, -0.1) is 0 Å². The van der Waals surface area contributed by atoms with Crippen molar-refractivity contribution < 1.29 is 14.1 Å². The highest BCUT2D eigenvalue weighted by molar-refractivity contribution is 9.10. The van der Waals surface area contributed by atoms with E-state index >= 15 is 0 Å². The summed E-state index contributed by atoms with van der Waals surface area (Å²) in [6, 6.07) is 17.1. The van der Waals surface area contributed by atoms with E-state index < -0.39 is 0 Å². The SMILES string of the molecule is O=C(NC[C@H]1[C@H](C(=O)Nc2ccc(Br)cc2)[C@@H]2C=C[C@H]1C21CC1)c1cnoc1-c1ccccc1. The van der Waals surface area contributed by atoms with Crippen molar-refractivity contribution in [3.05, 3.63) is 83.0 Å². The van der Waals surface area contributed by atoms with E-state index in [1.807, 2.05) is 54.6 Å². The largest absolute Gasteiger partial charge is 0.355 e. The molecule has 2 aromatic carbocycles. The van der Waals surface area contributed by atoms with Gasteiger partial charge in [-0.05, 0) is 60.3 Å². The molecule has 1 spiro atoms. The van der Waals surface area contributed by atoms with Crippen LogP contribution in [0.5, 0.6) is 0 Å². The molecule has 0 radical (unpaired) electrons.